The van der Waals surface area contributed by atoms with Crippen LogP contribution in [-0.4, -0.2) is 42.5 Å². The van der Waals surface area contributed by atoms with Gasteiger partial charge in [-0.2, -0.15) is 0 Å². The smallest absolute Gasteiger partial charge is 0.303 e. The number of amides is 1. The van der Waals surface area contributed by atoms with Gasteiger partial charge in [-0.15, -0.1) is 0 Å². The summed E-state index contributed by atoms with van der Waals surface area (Å²) < 4.78 is 5.34. The average molecular weight is 443 g/mol. The van der Waals surface area contributed by atoms with Crippen molar-refractivity contribution in [2.24, 2.45) is 0 Å². The fourth-order valence-electron chi connectivity index (χ4n) is 4.42. The summed E-state index contributed by atoms with van der Waals surface area (Å²) in [5.74, 6) is -0.742. The normalized spacial score (nSPS) is 22.0. The first-order chi connectivity index (χ1) is 14.8. The molecule has 1 unspecified atom stereocenters. The van der Waals surface area contributed by atoms with Crippen LogP contribution in [-0.2, 0) is 20.7 Å². The summed E-state index contributed by atoms with van der Waals surface area (Å²) >= 11 is 6.43. The van der Waals surface area contributed by atoms with Gasteiger partial charge in [0.2, 0.25) is 6.10 Å². The molecule has 31 heavy (non-hydrogen) atoms. The van der Waals surface area contributed by atoms with E-state index in [2.05, 4.69) is 30.4 Å². The van der Waals surface area contributed by atoms with E-state index in [9.17, 15) is 9.59 Å². The van der Waals surface area contributed by atoms with Crippen LogP contribution in [0.25, 0.3) is 0 Å². The summed E-state index contributed by atoms with van der Waals surface area (Å²) in [5, 5.41) is 3.91. The molecular formula is C25H31ClN2O3. The van der Waals surface area contributed by atoms with Gasteiger partial charge in [-0.3, -0.25) is 9.59 Å². The number of nitrogens with zero attached hydrogens (tertiary/aromatic N) is 1. The molecule has 0 aromatic heterocycles. The van der Waals surface area contributed by atoms with E-state index in [0.717, 1.165) is 42.7 Å². The van der Waals surface area contributed by atoms with Crippen LogP contribution >= 0.6 is 11.6 Å². The van der Waals surface area contributed by atoms with E-state index in [-0.39, 0.29) is 17.5 Å². The average Bonchev–Trinajstić information content (AvgIpc) is 2.75. The van der Waals surface area contributed by atoms with Crippen LogP contribution in [0.3, 0.4) is 0 Å². The second kappa shape index (κ2) is 10.3. The van der Waals surface area contributed by atoms with Gasteiger partial charge < -0.3 is 15.0 Å². The lowest BCUT2D eigenvalue weighted by molar-refractivity contribution is -0.154. The van der Waals surface area contributed by atoms with Crippen LogP contribution in [0.4, 0.5) is 0 Å². The molecule has 1 fully saturated rings. The van der Waals surface area contributed by atoms with Crippen molar-refractivity contribution in [3.8, 4) is 0 Å². The van der Waals surface area contributed by atoms with Crippen molar-refractivity contribution in [3.05, 3.63) is 70.7 Å². The molecule has 1 aliphatic carbocycles. The highest BCUT2D eigenvalue weighted by molar-refractivity contribution is 6.31. The van der Waals surface area contributed by atoms with Crippen molar-refractivity contribution in [1.82, 2.24) is 10.2 Å². The van der Waals surface area contributed by atoms with Crippen LogP contribution in [0.2, 0.25) is 5.02 Å². The molecule has 0 heterocycles. The Morgan fingerprint density at radius 2 is 1.71 bits per heavy atom. The standard InChI is InChI=1S/C25H31ClN2O3/c1-18(29)31-23(19-9-5-4-6-10-19)24(30)27-21-13-15-25(16-14-21,28(2)3)17-20-11-7-8-12-22(20)26/h4-12,21,23H,13-17H2,1-3H3,(H,27,30). The van der Waals surface area contributed by atoms with Gasteiger partial charge in [0.05, 0.1) is 0 Å². The number of rotatable bonds is 7. The Labute approximate surface area is 189 Å². The number of hydrogen-bond donors (Lipinski definition) is 1. The highest BCUT2D eigenvalue weighted by Gasteiger charge is 2.38. The third-order valence-electron chi connectivity index (χ3n) is 6.31. The van der Waals surface area contributed by atoms with E-state index in [1.54, 1.807) is 12.1 Å². The summed E-state index contributed by atoms with van der Waals surface area (Å²) in [7, 11) is 4.23. The SMILES string of the molecule is CC(=O)OC(C(=O)NC1CCC(Cc2ccccc2Cl)(N(C)C)CC1)c1ccccc1. The lowest BCUT2D eigenvalue weighted by Crippen LogP contribution is -2.52. The third kappa shape index (κ3) is 5.86. The lowest BCUT2D eigenvalue weighted by atomic mass is 9.74. The van der Waals surface area contributed by atoms with Gasteiger partial charge in [0, 0.05) is 29.1 Å². The van der Waals surface area contributed by atoms with Crippen LogP contribution in [0.15, 0.2) is 54.6 Å². The van der Waals surface area contributed by atoms with Gasteiger partial charge in [0.1, 0.15) is 0 Å². The van der Waals surface area contributed by atoms with Gasteiger partial charge in [-0.05, 0) is 57.8 Å². The van der Waals surface area contributed by atoms with E-state index >= 15 is 0 Å². The van der Waals surface area contributed by atoms with Crippen LogP contribution in [0.5, 0.6) is 0 Å². The van der Waals surface area contributed by atoms with Gasteiger partial charge >= 0.3 is 5.97 Å². The summed E-state index contributed by atoms with van der Waals surface area (Å²) in [6, 6.07) is 17.2. The van der Waals surface area contributed by atoms with E-state index in [0.29, 0.717) is 5.56 Å². The van der Waals surface area contributed by atoms with Gasteiger partial charge in [-0.1, -0.05) is 60.1 Å². The molecule has 1 saturated carbocycles. The second-order valence-corrected chi connectivity index (χ2v) is 8.98. The molecule has 1 N–H and O–H groups in total. The minimum atomic E-state index is -0.928. The zero-order valence-electron chi connectivity index (χ0n) is 18.4. The van der Waals surface area contributed by atoms with Crippen molar-refractivity contribution in [1.29, 1.82) is 0 Å². The minimum absolute atomic E-state index is 0.000929. The quantitative estimate of drug-likeness (QED) is 0.639. The molecule has 0 spiro atoms. The highest BCUT2D eigenvalue weighted by atomic mass is 35.5. The summed E-state index contributed by atoms with van der Waals surface area (Å²) in [6.07, 6.45) is 3.55. The molecule has 1 atom stereocenters. The molecule has 6 heteroatoms. The summed E-state index contributed by atoms with van der Waals surface area (Å²) in [6.45, 7) is 1.32. The van der Waals surface area contributed by atoms with Crippen LogP contribution in [0, 0.1) is 0 Å². The number of ether oxygens (including phenoxy) is 1. The Kier molecular flexibility index (Phi) is 7.74. The number of carbonyl (C=O) groups is 2. The number of carbonyl (C=O) groups excluding carboxylic acids is 2. The van der Waals surface area contributed by atoms with E-state index in [1.165, 1.54) is 6.92 Å². The van der Waals surface area contributed by atoms with Gasteiger partial charge in [0.15, 0.2) is 0 Å². The lowest BCUT2D eigenvalue weighted by Gasteiger charge is -2.45. The maximum Gasteiger partial charge on any atom is 0.303 e. The molecular weight excluding hydrogens is 412 g/mol. The van der Waals surface area contributed by atoms with Gasteiger partial charge in [0.25, 0.3) is 5.91 Å². The van der Waals surface area contributed by atoms with Crippen LogP contribution in [0.1, 0.15) is 49.8 Å². The van der Waals surface area contributed by atoms with Gasteiger partial charge in [-0.25, -0.2) is 0 Å². The van der Waals surface area contributed by atoms with E-state index in [1.807, 2.05) is 36.4 Å². The predicted octanol–water partition coefficient (Wildman–Crippen LogP) is 4.55. The summed E-state index contributed by atoms with van der Waals surface area (Å²) in [4.78, 5) is 26.8. The number of benzene rings is 2. The Balaban J connectivity index is 1.66. The zero-order valence-corrected chi connectivity index (χ0v) is 19.2. The number of nitrogens with one attached hydrogen (secondary N) is 1. The Morgan fingerprint density at radius 1 is 1.10 bits per heavy atom. The Morgan fingerprint density at radius 3 is 2.29 bits per heavy atom. The maximum atomic E-state index is 13.0. The van der Waals surface area contributed by atoms with Crippen molar-refractivity contribution >= 4 is 23.5 Å². The number of esters is 1. The number of hydrogen-bond acceptors (Lipinski definition) is 4. The fourth-order valence-corrected chi connectivity index (χ4v) is 4.62. The van der Waals surface area contributed by atoms with Crippen molar-refractivity contribution in [2.75, 3.05) is 14.1 Å². The molecule has 0 saturated heterocycles. The minimum Gasteiger partial charge on any atom is -0.447 e. The third-order valence-corrected chi connectivity index (χ3v) is 6.68. The Bertz CT molecular complexity index is 893. The first kappa shape index (κ1) is 23.3. The molecule has 5 nitrogen and oxygen atoms in total. The molecule has 2 aromatic carbocycles. The predicted molar refractivity (Wildman–Crippen MR) is 123 cm³/mol. The number of likely N-dealkylation sites (N-methyl/N-ethyl adjacent to an activating group) is 1. The topological polar surface area (TPSA) is 58.6 Å². The molecule has 166 valence electrons. The molecule has 0 radical (unpaired) electrons. The molecule has 2 aromatic rings. The molecule has 0 aliphatic heterocycles. The van der Waals surface area contributed by atoms with Crippen molar-refractivity contribution in [2.45, 2.75) is 56.7 Å². The zero-order chi connectivity index (χ0) is 22.4. The largest absolute Gasteiger partial charge is 0.447 e. The maximum absolute atomic E-state index is 13.0. The molecule has 3 rings (SSSR count). The van der Waals surface area contributed by atoms with E-state index in [4.69, 9.17) is 16.3 Å². The number of halogens is 1. The van der Waals surface area contributed by atoms with Crippen molar-refractivity contribution < 1.29 is 14.3 Å². The first-order valence-electron chi connectivity index (χ1n) is 10.7. The summed E-state index contributed by atoms with van der Waals surface area (Å²) in [5.41, 5.74) is 1.83. The molecule has 1 aliphatic rings. The highest BCUT2D eigenvalue weighted by Crippen LogP contribution is 2.37. The fraction of sp³-hybridized carbons (Fsp3) is 0.440. The van der Waals surface area contributed by atoms with Crippen molar-refractivity contribution in [3.63, 3.8) is 0 Å². The molecule has 1 amide bonds. The monoisotopic (exact) mass is 442 g/mol. The van der Waals surface area contributed by atoms with E-state index < -0.39 is 12.1 Å². The molecule has 0 bridgehead atoms. The first-order valence-corrected chi connectivity index (χ1v) is 11.1. The second-order valence-electron chi connectivity index (χ2n) is 8.57. The Hall–Kier alpha value is -2.37. The van der Waals surface area contributed by atoms with Crippen LogP contribution < -0.4 is 5.32 Å².